The highest BCUT2D eigenvalue weighted by Crippen LogP contribution is 2.16. The molecule has 0 saturated heterocycles. The second-order valence-corrected chi connectivity index (χ2v) is 14.6. The van der Waals surface area contributed by atoms with Gasteiger partial charge in [0.15, 0.2) is 0 Å². The standard InChI is InChI=1S/C43H83NO4/c1-3-5-7-9-11-13-15-17-18-19-20-21-22-23-24-25-26-28-30-32-34-36-38-42(47)43(48)44-40(39-45)41(46)37-35-33-31-29-27-16-14-12-10-8-6-4-2/h27,29,35,37,40-42,45-47H,3-26,28,30-34,36,38-39H2,1-2H3,(H,44,48)/b29-27+,37-35+. The average Bonchev–Trinajstić information content (AvgIpc) is 3.09. The van der Waals surface area contributed by atoms with Crippen LogP contribution in [-0.2, 0) is 4.79 Å². The third kappa shape index (κ3) is 33.3. The Morgan fingerprint density at radius 1 is 0.500 bits per heavy atom. The van der Waals surface area contributed by atoms with Crippen LogP contribution in [0.4, 0.5) is 0 Å². The van der Waals surface area contributed by atoms with Crippen LogP contribution in [0.3, 0.4) is 0 Å². The van der Waals surface area contributed by atoms with E-state index in [-0.39, 0.29) is 6.61 Å². The normalized spacial score (nSPS) is 13.9. The van der Waals surface area contributed by atoms with E-state index >= 15 is 0 Å². The third-order valence-electron chi connectivity index (χ3n) is 9.79. The molecular formula is C43H83NO4. The fourth-order valence-electron chi connectivity index (χ4n) is 6.44. The Hall–Kier alpha value is -1.17. The smallest absolute Gasteiger partial charge is 0.249 e. The lowest BCUT2D eigenvalue weighted by Gasteiger charge is -2.21. The number of hydrogen-bond acceptors (Lipinski definition) is 4. The van der Waals surface area contributed by atoms with Gasteiger partial charge in [-0.25, -0.2) is 0 Å². The third-order valence-corrected chi connectivity index (χ3v) is 9.79. The predicted octanol–water partition coefficient (Wildman–Crippen LogP) is 11.8. The van der Waals surface area contributed by atoms with Gasteiger partial charge < -0.3 is 20.6 Å². The molecule has 1 amide bonds. The molecule has 0 aliphatic carbocycles. The van der Waals surface area contributed by atoms with Crippen LogP contribution in [0, 0.1) is 0 Å². The molecule has 3 atom stereocenters. The first-order chi connectivity index (χ1) is 23.6. The molecule has 5 nitrogen and oxygen atoms in total. The monoisotopic (exact) mass is 678 g/mol. The van der Waals surface area contributed by atoms with E-state index in [1.54, 1.807) is 6.08 Å². The van der Waals surface area contributed by atoms with Gasteiger partial charge in [0.05, 0.1) is 18.8 Å². The maximum Gasteiger partial charge on any atom is 0.249 e. The molecular weight excluding hydrogens is 594 g/mol. The molecule has 48 heavy (non-hydrogen) atoms. The van der Waals surface area contributed by atoms with Crippen molar-refractivity contribution >= 4 is 5.91 Å². The molecule has 3 unspecified atom stereocenters. The van der Waals surface area contributed by atoms with Gasteiger partial charge >= 0.3 is 0 Å². The zero-order chi connectivity index (χ0) is 35.2. The lowest BCUT2D eigenvalue weighted by atomic mass is 10.0. The first-order valence-electron chi connectivity index (χ1n) is 21.2. The molecule has 5 heteroatoms. The van der Waals surface area contributed by atoms with Crippen molar-refractivity contribution in [2.45, 2.75) is 238 Å². The summed E-state index contributed by atoms with van der Waals surface area (Å²) < 4.78 is 0. The van der Waals surface area contributed by atoms with E-state index in [4.69, 9.17) is 0 Å². The first-order valence-corrected chi connectivity index (χ1v) is 21.2. The van der Waals surface area contributed by atoms with Crippen molar-refractivity contribution in [3.63, 3.8) is 0 Å². The van der Waals surface area contributed by atoms with Crippen molar-refractivity contribution in [3.05, 3.63) is 24.3 Å². The number of amides is 1. The van der Waals surface area contributed by atoms with Gasteiger partial charge in [0.25, 0.3) is 0 Å². The highest BCUT2D eigenvalue weighted by atomic mass is 16.3. The minimum absolute atomic E-state index is 0.373. The van der Waals surface area contributed by atoms with Gasteiger partial charge in [-0.1, -0.05) is 212 Å². The number of aliphatic hydroxyl groups is 3. The summed E-state index contributed by atoms with van der Waals surface area (Å²) in [5.74, 6) is -0.511. The number of carbonyl (C=O) groups is 1. The van der Waals surface area contributed by atoms with E-state index in [2.05, 4.69) is 31.3 Å². The van der Waals surface area contributed by atoms with Gasteiger partial charge in [0.2, 0.25) is 5.91 Å². The molecule has 0 spiro atoms. The molecule has 0 bridgehead atoms. The van der Waals surface area contributed by atoms with Gasteiger partial charge in [0, 0.05) is 0 Å². The lowest BCUT2D eigenvalue weighted by Crippen LogP contribution is -2.48. The van der Waals surface area contributed by atoms with Gasteiger partial charge in [-0.2, -0.15) is 0 Å². The largest absolute Gasteiger partial charge is 0.394 e. The summed E-state index contributed by atoms with van der Waals surface area (Å²) in [6.45, 7) is 4.16. The maximum absolute atomic E-state index is 12.4. The molecule has 0 aromatic heterocycles. The van der Waals surface area contributed by atoms with E-state index in [1.807, 2.05) is 6.08 Å². The molecule has 0 aromatic rings. The molecule has 4 N–H and O–H groups in total. The van der Waals surface area contributed by atoms with E-state index in [0.717, 1.165) is 38.5 Å². The minimum atomic E-state index is -1.10. The van der Waals surface area contributed by atoms with Crippen LogP contribution >= 0.6 is 0 Å². The Balaban J connectivity index is 3.63. The zero-order valence-corrected chi connectivity index (χ0v) is 32.1. The maximum atomic E-state index is 12.4. The molecule has 0 aliphatic heterocycles. The quantitative estimate of drug-likeness (QED) is 0.0387. The van der Waals surface area contributed by atoms with Gasteiger partial charge in [-0.3, -0.25) is 4.79 Å². The molecule has 0 aliphatic rings. The van der Waals surface area contributed by atoms with Gasteiger partial charge in [-0.05, 0) is 32.1 Å². The predicted molar refractivity (Wildman–Crippen MR) is 208 cm³/mol. The number of aliphatic hydroxyl groups excluding tert-OH is 3. The van der Waals surface area contributed by atoms with Crippen LogP contribution in [0.15, 0.2) is 24.3 Å². The second-order valence-electron chi connectivity index (χ2n) is 14.6. The number of rotatable bonds is 38. The van der Waals surface area contributed by atoms with Crippen LogP contribution in [0.1, 0.15) is 219 Å². The number of nitrogens with one attached hydrogen (secondary N) is 1. The molecule has 0 saturated carbocycles. The number of carbonyl (C=O) groups excluding carboxylic acids is 1. The summed E-state index contributed by atoms with van der Waals surface area (Å²) in [5.41, 5.74) is 0. The van der Waals surface area contributed by atoms with Crippen LogP contribution in [-0.4, -0.2) is 46.1 Å². The number of unbranched alkanes of at least 4 members (excludes halogenated alkanes) is 28. The average molecular weight is 678 g/mol. The van der Waals surface area contributed by atoms with E-state index in [0.29, 0.717) is 6.42 Å². The zero-order valence-electron chi connectivity index (χ0n) is 32.1. The van der Waals surface area contributed by atoms with Crippen LogP contribution < -0.4 is 5.32 Å². The molecule has 284 valence electrons. The van der Waals surface area contributed by atoms with E-state index in [1.165, 1.54) is 161 Å². The second kappa shape index (κ2) is 38.6. The summed E-state index contributed by atoms with van der Waals surface area (Å²) >= 11 is 0. The van der Waals surface area contributed by atoms with Crippen molar-refractivity contribution in [2.75, 3.05) is 6.61 Å². The number of hydrogen-bond donors (Lipinski definition) is 4. The molecule has 0 rings (SSSR count). The highest BCUT2D eigenvalue weighted by Gasteiger charge is 2.22. The Bertz CT molecular complexity index is 709. The van der Waals surface area contributed by atoms with Crippen molar-refractivity contribution in [2.24, 2.45) is 0 Å². The molecule has 0 heterocycles. The van der Waals surface area contributed by atoms with Gasteiger partial charge in [0.1, 0.15) is 6.10 Å². The van der Waals surface area contributed by atoms with Crippen molar-refractivity contribution in [3.8, 4) is 0 Å². The van der Waals surface area contributed by atoms with Crippen molar-refractivity contribution in [1.29, 1.82) is 0 Å². The van der Waals surface area contributed by atoms with Crippen molar-refractivity contribution in [1.82, 2.24) is 5.32 Å². The van der Waals surface area contributed by atoms with Crippen LogP contribution in [0.2, 0.25) is 0 Å². The van der Waals surface area contributed by atoms with E-state index in [9.17, 15) is 20.1 Å². The summed E-state index contributed by atoms with van der Waals surface area (Å²) in [4.78, 5) is 12.4. The summed E-state index contributed by atoms with van der Waals surface area (Å²) in [6.07, 6.45) is 46.4. The molecule has 0 aromatic carbocycles. The van der Waals surface area contributed by atoms with Crippen LogP contribution in [0.25, 0.3) is 0 Å². The molecule has 0 radical (unpaired) electrons. The Kier molecular flexibility index (Phi) is 37.7. The topological polar surface area (TPSA) is 89.8 Å². The van der Waals surface area contributed by atoms with Gasteiger partial charge in [-0.15, -0.1) is 0 Å². The SMILES string of the molecule is CCCCCCCC/C=C/CC/C=C/C(O)C(CO)NC(=O)C(O)CCCCCCCCCCCCCCCCCCCCCCCC. The van der Waals surface area contributed by atoms with E-state index < -0.39 is 24.2 Å². The van der Waals surface area contributed by atoms with Crippen LogP contribution in [0.5, 0.6) is 0 Å². The fourth-order valence-corrected chi connectivity index (χ4v) is 6.44. The first kappa shape index (κ1) is 46.8. The Morgan fingerprint density at radius 2 is 0.854 bits per heavy atom. The fraction of sp³-hybridized carbons (Fsp3) is 0.884. The van der Waals surface area contributed by atoms with Crippen molar-refractivity contribution < 1.29 is 20.1 Å². The number of allylic oxidation sites excluding steroid dienone is 3. The summed E-state index contributed by atoms with van der Waals surface area (Å²) in [6, 6.07) is -0.809. The lowest BCUT2D eigenvalue weighted by molar-refractivity contribution is -0.131. The minimum Gasteiger partial charge on any atom is -0.394 e. The Labute approximate surface area is 299 Å². The highest BCUT2D eigenvalue weighted by molar-refractivity contribution is 5.80. The summed E-state index contributed by atoms with van der Waals surface area (Å²) in [7, 11) is 0. The Morgan fingerprint density at radius 3 is 1.27 bits per heavy atom. The molecule has 0 fully saturated rings. The summed E-state index contributed by atoms with van der Waals surface area (Å²) in [5, 5.41) is 33.0.